The second kappa shape index (κ2) is 9.21. The lowest BCUT2D eigenvalue weighted by molar-refractivity contribution is 0.168. The molecule has 0 aromatic carbocycles. The first-order valence-corrected chi connectivity index (χ1v) is 9.18. The monoisotopic (exact) mass is 461 g/mol. The van der Waals surface area contributed by atoms with E-state index in [1.165, 1.54) is 25.7 Å². The highest BCUT2D eigenvalue weighted by Crippen LogP contribution is 2.36. The Labute approximate surface area is 168 Å². The van der Waals surface area contributed by atoms with E-state index in [2.05, 4.69) is 32.2 Å². The molecule has 1 N–H and O–H groups in total. The average molecular weight is 461 g/mol. The molecule has 0 amide bonds. The smallest absolute Gasteiger partial charge is 0.193 e. The Morgan fingerprint density at radius 1 is 1.28 bits per heavy atom. The standard InChI is InChI=1S/C18H31N5O.HI/c1-15-12-16(21-24-15)13-22-8-10-23(11-9-22)17(19-3)20-14-18(2)6-4-5-7-18;/h12H,4-11,13-14H2,1-3H3,(H,19,20);1H. The van der Waals surface area contributed by atoms with Crippen molar-refractivity contribution in [2.75, 3.05) is 39.8 Å². The van der Waals surface area contributed by atoms with Gasteiger partial charge in [0.15, 0.2) is 5.96 Å². The van der Waals surface area contributed by atoms with Crippen molar-refractivity contribution in [3.8, 4) is 0 Å². The minimum Gasteiger partial charge on any atom is -0.361 e. The van der Waals surface area contributed by atoms with Crippen LogP contribution in [0.5, 0.6) is 0 Å². The number of piperazine rings is 1. The third kappa shape index (κ3) is 5.57. The maximum Gasteiger partial charge on any atom is 0.193 e. The molecule has 1 aromatic rings. The summed E-state index contributed by atoms with van der Waals surface area (Å²) in [5.74, 6) is 1.94. The highest BCUT2D eigenvalue weighted by atomic mass is 127. The molecular weight excluding hydrogens is 429 g/mol. The average Bonchev–Trinajstić information content (AvgIpc) is 3.18. The number of nitrogens with one attached hydrogen (secondary N) is 1. The molecule has 142 valence electrons. The number of nitrogens with zero attached hydrogens (tertiary/aromatic N) is 4. The number of halogens is 1. The van der Waals surface area contributed by atoms with E-state index in [4.69, 9.17) is 4.52 Å². The van der Waals surface area contributed by atoms with E-state index in [0.717, 1.165) is 56.7 Å². The molecular formula is C18H32IN5O. The van der Waals surface area contributed by atoms with Crippen molar-refractivity contribution in [3.63, 3.8) is 0 Å². The zero-order valence-corrected chi connectivity index (χ0v) is 18.1. The van der Waals surface area contributed by atoms with Crippen LogP contribution in [0, 0.1) is 12.3 Å². The molecule has 0 radical (unpaired) electrons. The fourth-order valence-corrected chi connectivity index (χ4v) is 3.87. The Bertz CT molecular complexity index is 560. The molecule has 1 saturated carbocycles. The number of aryl methyl sites for hydroxylation is 1. The largest absolute Gasteiger partial charge is 0.361 e. The highest BCUT2D eigenvalue weighted by molar-refractivity contribution is 14.0. The van der Waals surface area contributed by atoms with E-state index in [9.17, 15) is 0 Å². The lowest BCUT2D eigenvalue weighted by Gasteiger charge is -2.37. The molecule has 0 atom stereocenters. The van der Waals surface area contributed by atoms with Gasteiger partial charge in [-0.25, -0.2) is 0 Å². The van der Waals surface area contributed by atoms with Gasteiger partial charge in [0.05, 0.1) is 5.69 Å². The molecule has 1 saturated heterocycles. The molecule has 0 unspecified atom stereocenters. The summed E-state index contributed by atoms with van der Waals surface area (Å²) in [4.78, 5) is 9.31. The lowest BCUT2D eigenvalue weighted by atomic mass is 9.89. The number of rotatable bonds is 4. The first-order valence-electron chi connectivity index (χ1n) is 9.18. The fourth-order valence-electron chi connectivity index (χ4n) is 3.87. The van der Waals surface area contributed by atoms with Gasteiger partial charge in [-0.1, -0.05) is 24.9 Å². The van der Waals surface area contributed by atoms with Crippen LogP contribution in [0.25, 0.3) is 0 Å². The number of hydrogen-bond donors (Lipinski definition) is 1. The van der Waals surface area contributed by atoms with Crippen molar-refractivity contribution < 1.29 is 4.52 Å². The summed E-state index contributed by atoms with van der Waals surface area (Å²) >= 11 is 0. The number of guanidine groups is 1. The van der Waals surface area contributed by atoms with Crippen LogP contribution >= 0.6 is 24.0 Å². The molecule has 7 heteroatoms. The van der Waals surface area contributed by atoms with Crippen LogP contribution in [0.15, 0.2) is 15.6 Å². The van der Waals surface area contributed by atoms with Crippen molar-refractivity contribution in [1.29, 1.82) is 0 Å². The maximum atomic E-state index is 5.16. The van der Waals surface area contributed by atoms with Crippen LogP contribution in [-0.2, 0) is 6.54 Å². The zero-order valence-electron chi connectivity index (χ0n) is 15.8. The number of aromatic nitrogens is 1. The highest BCUT2D eigenvalue weighted by Gasteiger charge is 2.29. The van der Waals surface area contributed by atoms with Crippen LogP contribution in [0.1, 0.15) is 44.1 Å². The van der Waals surface area contributed by atoms with E-state index in [1.54, 1.807) is 0 Å². The van der Waals surface area contributed by atoms with E-state index in [1.807, 2.05) is 20.0 Å². The number of hydrogen-bond acceptors (Lipinski definition) is 4. The quantitative estimate of drug-likeness (QED) is 0.425. The minimum absolute atomic E-state index is 0. The van der Waals surface area contributed by atoms with Crippen molar-refractivity contribution in [2.45, 2.75) is 46.1 Å². The van der Waals surface area contributed by atoms with Gasteiger partial charge in [0.1, 0.15) is 5.76 Å². The SMILES string of the molecule is CN=C(NCC1(C)CCCC1)N1CCN(Cc2cc(C)on2)CC1.I. The van der Waals surface area contributed by atoms with Crippen molar-refractivity contribution in [2.24, 2.45) is 10.4 Å². The summed E-state index contributed by atoms with van der Waals surface area (Å²) in [5, 5.41) is 7.71. The maximum absolute atomic E-state index is 5.16. The summed E-state index contributed by atoms with van der Waals surface area (Å²) in [6.45, 7) is 10.3. The van der Waals surface area contributed by atoms with Gasteiger partial charge in [-0.15, -0.1) is 24.0 Å². The molecule has 25 heavy (non-hydrogen) atoms. The molecule has 1 aromatic heterocycles. The van der Waals surface area contributed by atoms with E-state index < -0.39 is 0 Å². The van der Waals surface area contributed by atoms with Crippen molar-refractivity contribution in [3.05, 3.63) is 17.5 Å². The molecule has 1 aliphatic heterocycles. The van der Waals surface area contributed by atoms with Crippen molar-refractivity contribution in [1.82, 2.24) is 20.3 Å². The molecule has 3 rings (SSSR count). The van der Waals surface area contributed by atoms with Gasteiger partial charge in [0.2, 0.25) is 0 Å². The lowest BCUT2D eigenvalue weighted by Crippen LogP contribution is -2.53. The molecule has 2 fully saturated rings. The Balaban J connectivity index is 0.00000225. The summed E-state index contributed by atoms with van der Waals surface area (Å²) < 4.78 is 5.16. The summed E-state index contributed by atoms with van der Waals surface area (Å²) in [7, 11) is 1.89. The summed E-state index contributed by atoms with van der Waals surface area (Å²) in [5.41, 5.74) is 1.47. The summed E-state index contributed by atoms with van der Waals surface area (Å²) in [6, 6.07) is 2.02. The van der Waals surface area contributed by atoms with Gasteiger partial charge < -0.3 is 14.7 Å². The Morgan fingerprint density at radius 2 is 1.96 bits per heavy atom. The zero-order chi connectivity index (χ0) is 17.0. The molecule has 1 aliphatic carbocycles. The second-order valence-corrected chi connectivity index (χ2v) is 7.61. The van der Waals surface area contributed by atoms with E-state index in [0.29, 0.717) is 5.41 Å². The molecule has 0 bridgehead atoms. The van der Waals surface area contributed by atoms with E-state index in [-0.39, 0.29) is 24.0 Å². The third-order valence-corrected chi connectivity index (χ3v) is 5.43. The van der Waals surface area contributed by atoms with Crippen molar-refractivity contribution >= 4 is 29.9 Å². The van der Waals surface area contributed by atoms with Crippen LogP contribution in [-0.4, -0.2) is 60.7 Å². The van der Waals surface area contributed by atoms with Crippen LogP contribution in [0.2, 0.25) is 0 Å². The number of aliphatic imine (C=N–C) groups is 1. The van der Waals surface area contributed by atoms with Gasteiger partial charge in [-0.3, -0.25) is 9.89 Å². The molecule has 2 aliphatic rings. The fraction of sp³-hybridized carbons (Fsp3) is 0.778. The second-order valence-electron chi connectivity index (χ2n) is 7.61. The Hall–Kier alpha value is -0.830. The molecule has 0 spiro atoms. The van der Waals surface area contributed by atoms with Gasteiger partial charge >= 0.3 is 0 Å². The first-order chi connectivity index (χ1) is 11.6. The van der Waals surface area contributed by atoms with Gasteiger partial charge in [0.25, 0.3) is 0 Å². The van der Waals surface area contributed by atoms with Crippen LogP contribution in [0.3, 0.4) is 0 Å². The van der Waals surface area contributed by atoms with Gasteiger partial charge in [-0.05, 0) is 25.2 Å². The van der Waals surface area contributed by atoms with Gasteiger partial charge in [0, 0.05) is 52.4 Å². The van der Waals surface area contributed by atoms with E-state index >= 15 is 0 Å². The molecule has 2 heterocycles. The van der Waals surface area contributed by atoms with Crippen LogP contribution in [0.4, 0.5) is 0 Å². The Morgan fingerprint density at radius 3 is 2.52 bits per heavy atom. The molecule has 6 nitrogen and oxygen atoms in total. The predicted molar refractivity (Wildman–Crippen MR) is 111 cm³/mol. The van der Waals surface area contributed by atoms with Crippen LogP contribution < -0.4 is 5.32 Å². The summed E-state index contributed by atoms with van der Waals surface area (Å²) in [6.07, 6.45) is 5.41. The normalized spacial score (nSPS) is 21.2. The Kier molecular flexibility index (Phi) is 7.54. The first kappa shape index (κ1) is 20.5. The minimum atomic E-state index is 0. The third-order valence-electron chi connectivity index (χ3n) is 5.43. The topological polar surface area (TPSA) is 56.9 Å². The predicted octanol–water partition coefficient (Wildman–Crippen LogP) is 2.87. The van der Waals surface area contributed by atoms with Gasteiger partial charge in [-0.2, -0.15) is 0 Å².